The fraction of sp³-hybridized carbons (Fsp3) is 0.818. The van der Waals surface area contributed by atoms with Crippen LogP contribution in [0.1, 0.15) is 20.3 Å². The van der Waals surface area contributed by atoms with Crippen LogP contribution in [0.4, 0.5) is 4.79 Å². The second kappa shape index (κ2) is 6.44. The molecule has 0 radical (unpaired) electrons. The predicted octanol–water partition coefficient (Wildman–Crippen LogP) is 0.527. The van der Waals surface area contributed by atoms with Crippen molar-refractivity contribution >= 4 is 12.0 Å². The van der Waals surface area contributed by atoms with E-state index >= 15 is 0 Å². The van der Waals surface area contributed by atoms with Gasteiger partial charge in [-0.05, 0) is 6.42 Å². The molecular weight excluding hydrogens is 224 g/mol. The van der Waals surface area contributed by atoms with Crippen LogP contribution < -0.4 is 5.32 Å². The van der Waals surface area contributed by atoms with Gasteiger partial charge in [0.05, 0.1) is 25.2 Å². The Labute approximate surface area is 101 Å². The molecule has 17 heavy (non-hydrogen) atoms. The first-order chi connectivity index (χ1) is 8.06. The number of hydrogen-bond acceptors (Lipinski definition) is 3. The molecule has 1 aliphatic heterocycles. The van der Waals surface area contributed by atoms with Crippen molar-refractivity contribution in [1.29, 1.82) is 0 Å². The third-order valence-corrected chi connectivity index (χ3v) is 2.94. The summed E-state index contributed by atoms with van der Waals surface area (Å²) < 4.78 is 5.30. The van der Waals surface area contributed by atoms with Crippen LogP contribution in [-0.2, 0) is 9.53 Å². The van der Waals surface area contributed by atoms with Crippen molar-refractivity contribution in [3.63, 3.8) is 0 Å². The summed E-state index contributed by atoms with van der Waals surface area (Å²) in [6.07, 6.45) is 0.835. The highest BCUT2D eigenvalue weighted by Gasteiger charge is 2.26. The van der Waals surface area contributed by atoms with E-state index in [-0.39, 0.29) is 18.6 Å². The largest absolute Gasteiger partial charge is 0.481 e. The topological polar surface area (TPSA) is 78.9 Å². The number of nitrogens with zero attached hydrogens (tertiary/aromatic N) is 1. The van der Waals surface area contributed by atoms with Crippen molar-refractivity contribution in [3.05, 3.63) is 0 Å². The second-order valence-corrected chi connectivity index (χ2v) is 4.26. The number of rotatable bonds is 4. The summed E-state index contributed by atoms with van der Waals surface area (Å²) in [7, 11) is 0. The highest BCUT2D eigenvalue weighted by atomic mass is 16.5. The number of carbonyl (C=O) groups is 2. The molecular formula is C11H20N2O4. The molecule has 0 saturated carbocycles. The average molecular weight is 244 g/mol. The van der Waals surface area contributed by atoms with E-state index in [0.717, 1.165) is 6.42 Å². The molecule has 1 saturated heterocycles. The molecule has 98 valence electrons. The van der Waals surface area contributed by atoms with Gasteiger partial charge in [0.1, 0.15) is 0 Å². The monoisotopic (exact) mass is 244 g/mol. The van der Waals surface area contributed by atoms with Gasteiger partial charge >= 0.3 is 12.0 Å². The zero-order chi connectivity index (χ0) is 12.8. The van der Waals surface area contributed by atoms with Crippen LogP contribution in [0.15, 0.2) is 0 Å². The Morgan fingerprint density at radius 3 is 2.88 bits per heavy atom. The molecule has 0 bridgehead atoms. The molecule has 0 aromatic rings. The van der Waals surface area contributed by atoms with Gasteiger partial charge in [0, 0.05) is 13.1 Å². The SMILES string of the molecule is CCC1COCCN1C(=O)NCC(C)C(=O)O. The van der Waals surface area contributed by atoms with Gasteiger partial charge in [0.2, 0.25) is 0 Å². The van der Waals surface area contributed by atoms with Gasteiger partial charge < -0.3 is 20.1 Å². The summed E-state index contributed by atoms with van der Waals surface area (Å²) in [4.78, 5) is 24.2. The van der Waals surface area contributed by atoms with Crippen molar-refractivity contribution < 1.29 is 19.4 Å². The minimum absolute atomic E-state index is 0.0869. The Balaban J connectivity index is 2.42. The third kappa shape index (κ3) is 3.89. The number of aliphatic carboxylic acids is 1. The molecule has 2 N–H and O–H groups in total. The number of carbonyl (C=O) groups excluding carboxylic acids is 1. The van der Waals surface area contributed by atoms with Crippen molar-refractivity contribution in [3.8, 4) is 0 Å². The summed E-state index contributed by atoms with van der Waals surface area (Å²) in [6.45, 7) is 5.38. The number of carboxylic acid groups (broad SMARTS) is 1. The first-order valence-corrected chi connectivity index (χ1v) is 5.91. The number of hydrogen-bond donors (Lipinski definition) is 2. The van der Waals surface area contributed by atoms with E-state index in [0.29, 0.717) is 19.8 Å². The molecule has 6 nitrogen and oxygen atoms in total. The van der Waals surface area contributed by atoms with Crippen LogP contribution >= 0.6 is 0 Å². The van der Waals surface area contributed by atoms with E-state index in [9.17, 15) is 9.59 Å². The average Bonchev–Trinajstić information content (AvgIpc) is 2.35. The van der Waals surface area contributed by atoms with Gasteiger partial charge in [0.15, 0.2) is 0 Å². The third-order valence-electron chi connectivity index (χ3n) is 2.94. The lowest BCUT2D eigenvalue weighted by atomic mass is 10.2. The highest BCUT2D eigenvalue weighted by molar-refractivity contribution is 5.76. The molecule has 6 heteroatoms. The minimum atomic E-state index is -0.903. The van der Waals surface area contributed by atoms with E-state index < -0.39 is 11.9 Å². The number of urea groups is 1. The Morgan fingerprint density at radius 1 is 1.59 bits per heavy atom. The maximum Gasteiger partial charge on any atom is 0.317 e. The zero-order valence-electron chi connectivity index (χ0n) is 10.3. The predicted molar refractivity (Wildman–Crippen MR) is 61.8 cm³/mol. The van der Waals surface area contributed by atoms with E-state index in [4.69, 9.17) is 9.84 Å². The van der Waals surface area contributed by atoms with Crippen molar-refractivity contribution in [2.45, 2.75) is 26.3 Å². The lowest BCUT2D eigenvalue weighted by Crippen LogP contribution is -2.53. The summed E-state index contributed by atoms with van der Waals surface area (Å²) >= 11 is 0. The van der Waals surface area contributed by atoms with Crippen molar-refractivity contribution in [1.82, 2.24) is 10.2 Å². The van der Waals surface area contributed by atoms with Gasteiger partial charge in [0.25, 0.3) is 0 Å². The van der Waals surface area contributed by atoms with E-state index in [1.807, 2.05) is 6.92 Å². The maximum absolute atomic E-state index is 11.9. The Hall–Kier alpha value is -1.30. The first-order valence-electron chi connectivity index (χ1n) is 5.91. The lowest BCUT2D eigenvalue weighted by Gasteiger charge is -2.35. The summed E-state index contributed by atoms with van der Waals surface area (Å²) in [5, 5.41) is 11.4. The summed E-state index contributed by atoms with van der Waals surface area (Å²) in [5.41, 5.74) is 0. The van der Waals surface area contributed by atoms with Gasteiger partial charge in [-0.15, -0.1) is 0 Å². The molecule has 2 atom stereocenters. The number of nitrogens with one attached hydrogen (secondary N) is 1. The maximum atomic E-state index is 11.9. The van der Waals surface area contributed by atoms with Crippen LogP contribution in [0.5, 0.6) is 0 Å². The quantitative estimate of drug-likeness (QED) is 0.756. The normalized spacial score (nSPS) is 22.0. The molecule has 1 aliphatic rings. The number of ether oxygens (including phenoxy) is 1. The van der Waals surface area contributed by atoms with Crippen LogP contribution in [0.3, 0.4) is 0 Å². The standard InChI is InChI=1S/C11H20N2O4/c1-3-9-7-17-5-4-13(9)11(16)12-6-8(2)10(14)15/h8-9H,3-7H2,1-2H3,(H,12,16)(H,14,15). The van der Waals surface area contributed by atoms with Crippen molar-refractivity contribution in [2.24, 2.45) is 5.92 Å². The van der Waals surface area contributed by atoms with Gasteiger partial charge in [-0.1, -0.05) is 13.8 Å². The molecule has 2 amide bonds. The first kappa shape index (κ1) is 13.8. The van der Waals surface area contributed by atoms with Crippen LogP contribution in [0.25, 0.3) is 0 Å². The van der Waals surface area contributed by atoms with Gasteiger partial charge in [-0.2, -0.15) is 0 Å². The Morgan fingerprint density at radius 2 is 2.29 bits per heavy atom. The smallest absolute Gasteiger partial charge is 0.317 e. The summed E-state index contributed by atoms with van der Waals surface area (Å²) in [5.74, 6) is -1.47. The molecule has 0 spiro atoms. The highest BCUT2D eigenvalue weighted by Crippen LogP contribution is 2.10. The fourth-order valence-electron chi connectivity index (χ4n) is 1.69. The lowest BCUT2D eigenvalue weighted by molar-refractivity contribution is -0.140. The van der Waals surface area contributed by atoms with E-state index in [1.165, 1.54) is 0 Å². The number of amides is 2. The minimum Gasteiger partial charge on any atom is -0.481 e. The number of carboxylic acids is 1. The van der Waals surface area contributed by atoms with Gasteiger partial charge in [-0.3, -0.25) is 4.79 Å². The molecule has 2 unspecified atom stereocenters. The molecule has 1 rings (SSSR count). The van der Waals surface area contributed by atoms with Crippen LogP contribution in [0.2, 0.25) is 0 Å². The second-order valence-electron chi connectivity index (χ2n) is 4.26. The summed E-state index contributed by atoms with van der Waals surface area (Å²) in [6, 6.07) is -0.114. The van der Waals surface area contributed by atoms with Gasteiger partial charge in [-0.25, -0.2) is 4.79 Å². The van der Waals surface area contributed by atoms with Crippen molar-refractivity contribution in [2.75, 3.05) is 26.3 Å². The molecule has 0 aromatic carbocycles. The zero-order valence-corrected chi connectivity index (χ0v) is 10.3. The van der Waals surface area contributed by atoms with Crippen LogP contribution in [0, 0.1) is 5.92 Å². The molecule has 1 heterocycles. The fourth-order valence-corrected chi connectivity index (χ4v) is 1.69. The number of morpholine rings is 1. The van der Waals surface area contributed by atoms with E-state index in [1.54, 1.807) is 11.8 Å². The van der Waals surface area contributed by atoms with E-state index in [2.05, 4.69) is 5.32 Å². The van der Waals surface area contributed by atoms with Crippen LogP contribution in [-0.4, -0.2) is 54.4 Å². The molecule has 0 aromatic heterocycles. The Bertz CT molecular complexity index is 283. The molecule has 1 fully saturated rings. The molecule has 0 aliphatic carbocycles. The Kier molecular flexibility index (Phi) is 5.21.